The van der Waals surface area contributed by atoms with Gasteiger partial charge in [-0.25, -0.2) is 27.1 Å². The van der Waals surface area contributed by atoms with E-state index in [-0.39, 0.29) is 13.2 Å². The number of aromatic nitrogens is 2. The minimum absolute atomic E-state index is 0.222. The van der Waals surface area contributed by atoms with E-state index in [1.807, 2.05) is 11.5 Å². The van der Waals surface area contributed by atoms with Crippen molar-refractivity contribution in [1.29, 1.82) is 0 Å². The number of carbonyl (C=O) groups excluding carboxylic acids is 2. The van der Waals surface area contributed by atoms with E-state index in [1.54, 1.807) is 36.6 Å². The number of aryl methyl sites for hydroxylation is 1. The molecule has 1 N–H and O–H groups in total. The predicted molar refractivity (Wildman–Crippen MR) is 103 cm³/mol. The molecule has 0 aliphatic heterocycles. The molecular formula is C21H21F3N3O3+. The van der Waals surface area contributed by atoms with Gasteiger partial charge in [-0.05, 0) is 38.1 Å². The second kappa shape index (κ2) is 8.56. The predicted octanol–water partition coefficient (Wildman–Crippen LogP) is 3.49. The standard InChI is InChI=1S/C21H20F3N3O3/c1-4-26-12(3)27(17-10-13(6-9-16(17)26)21(29)30-5-2)11-18(28)25-15-8-7-14(22)19(23)20(15)24/h6-10H,4-5,11H2,1-3H3/p+1. The Balaban J connectivity index is 1.97. The molecule has 30 heavy (non-hydrogen) atoms. The Labute approximate surface area is 170 Å². The molecule has 0 unspecified atom stereocenters. The monoisotopic (exact) mass is 420 g/mol. The van der Waals surface area contributed by atoms with Gasteiger partial charge in [-0.3, -0.25) is 4.79 Å². The summed E-state index contributed by atoms with van der Waals surface area (Å²) in [5.41, 5.74) is 1.29. The Bertz CT molecular complexity index is 1140. The topological polar surface area (TPSA) is 64.2 Å². The summed E-state index contributed by atoms with van der Waals surface area (Å²) in [4.78, 5) is 24.6. The number of hydrogen-bond acceptors (Lipinski definition) is 3. The van der Waals surface area contributed by atoms with E-state index >= 15 is 0 Å². The molecule has 1 aromatic heterocycles. The highest BCUT2D eigenvalue weighted by Crippen LogP contribution is 2.21. The highest BCUT2D eigenvalue weighted by molar-refractivity contribution is 5.94. The van der Waals surface area contributed by atoms with Gasteiger partial charge in [0, 0.05) is 13.0 Å². The van der Waals surface area contributed by atoms with Crippen molar-refractivity contribution in [1.82, 2.24) is 4.57 Å². The second-order valence-electron chi connectivity index (χ2n) is 6.57. The van der Waals surface area contributed by atoms with Crippen molar-refractivity contribution in [2.45, 2.75) is 33.9 Å². The van der Waals surface area contributed by atoms with E-state index in [2.05, 4.69) is 5.32 Å². The third-order valence-corrected chi connectivity index (χ3v) is 4.78. The fourth-order valence-corrected chi connectivity index (χ4v) is 3.36. The van der Waals surface area contributed by atoms with Crippen LogP contribution in [-0.4, -0.2) is 23.1 Å². The van der Waals surface area contributed by atoms with Crippen LogP contribution in [0.2, 0.25) is 0 Å². The summed E-state index contributed by atoms with van der Waals surface area (Å²) < 4.78 is 49.0. The van der Waals surface area contributed by atoms with Crippen molar-refractivity contribution in [3.63, 3.8) is 0 Å². The van der Waals surface area contributed by atoms with Gasteiger partial charge in [-0.15, -0.1) is 0 Å². The Kier molecular flexibility index (Phi) is 6.09. The lowest BCUT2D eigenvalue weighted by Gasteiger charge is -2.07. The van der Waals surface area contributed by atoms with Gasteiger partial charge in [0.1, 0.15) is 0 Å². The molecule has 9 heteroatoms. The van der Waals surface area contributed by atoms with Crippen LogP contribution in [0, 0.1) is 24.4 Å². The average Bonchev–Trinajstić information content (AvgIpc) is 2.98. The van der Waals surface area contributed by atoms with Crippen molar-refractivity contribution in [3.8, 4) is 0 Å². The number of fused-ring (bicyclic) bond motifs is 1. The largest absolute Gasteiger partial charge is 0.462 e. The van der Waals surface area contributed by atoms with Crippen molar-refractivity contribution in [2.24, 2.45) is 0 Å². The van der Waals surface area contributed by atoms with Gasteiger partial charge in [-0.1, -0.05) is 0 Å². The third-order valence-electron chi connectivity index (χ3n) is 4.78. The van der Waals surface area contributed by atoms with E-state index in [1.165, 1.54) is 0 Å². The van der Waals surface area contributed by atoms with E-state index in [4.69, 9.17) is 4.74 Å². The molecule has 0 radical (unpaired) electrons. The molecule has 0 spiro atoms. The molecule has 2 aromatic carbocycles. The molecular weight excluding hydrogens is 399 g/mol. The molecule has 0 aliphatic carbocycles. The van der Waals surface area contributed by atoms with Crippen LogP contribution >= 0.6 is 0 Å². The van der Waals surface area contributed by atoms with E-state index in [9.17, 15) is 22.8 Å². The van der Waals surface area contributed by atoms with Crippen LogP contribution in [0.15, 0.2) is 30.3 Å². The maximum atomic E-state index is 13.9. The van der Waals surface area contributed by atoms with Gasteiger partial charge in [0.05, 0.1) is 24.4 Å². The quantitative estimate of drug-likeness (QED) is 0.377. The molecule has 3 rings (SSSR count). The molecule has 0 saturated heterocycles. The molecule has 1 amide bonds. The number of nitrogens with zero attached hydrogens (tertiary/aromatic N) is 2. The minimum atomic E-state index is -1.65. The Hall–Kier alpha value is -3.36. The molecule has 1 heterocycles. The van der Waals surface area contributed by atoms with Crippen molar-refractivity contribution in [2.75, 3.05) is 11.9 Å². The van der Waals surface area contributed by atoms with Crippen LogP contribution in [0.3, 0.4) is 0 Å². The van der Waals surface area contributed by atoms with E-state index in [0.717, 1.165) is 23.5 Å². The molecule has 0 fully saturated rings. The molecule has 0 atom stereocenters. The number of carbonyl (C=O) groups is 2. The number of rotatable bonds is 6. The average molecular weight is 420 g/mol. The van der Waals surface area contributed by atoms with Gasteiger partial charge >= 0.3 is 5.97 Å². The smallest absolute Gasteiger partial charge is 0.338 e. The Morgan fingerprint density at radius 3 is 2.50 bits per heavy atom. The van der Waals surface area contributed by atoms with Gasteiger partial charge < -0.3 is 10.1 Å². The normalized spacial score (nSPS) is 11.0. The van der Waals surface area contributed by atoms with Crippen LogP contribution < -0.4 is 9.88 Å². The summed E-state index contributed by atoms with van der Waals surface area (Å²) in [7, 11) is 0. The van der Waals surface area contributed by atoms with Crippen LogP contribution in [0.1, 0.15) is 30.0 Å². The molecule has 0 saturated carbocycles. The second-order valence-corrected chi connectivity index (χ2v) is 6.57. The number of esters is 1. The molecule has 158 valence electrons. The summed E-state index contributed by atoms with van der Waals surface area (Å²) in [6.07, 6.45) is 0. The minimum Gasteiger partial charge on any atom is -0.462 e. The zero-order valence-corrected chi connectivity index (χ0v) is 16.8. The summed E-state index contributed by atoms with van der Waals surface area (Å²) >= 11 is 0. The van der Waals surface area contributed by atoms with Crippen LogP contribution in [0.25, 0.3) is 11.0 Å². The first-order valence-electron chi connectivity index (χ1n) is 9.41. The highest BCUT2D eigenvalue weighted by Gasteiger charge is 2.25. The summed E-state index contributed by atoms with van der Waals surface area (Å²) in [5.74, 6) is -4.85. The first kappa shape index (κ1) is 21.4. The van der Waals surface area contributed by atoms with Crippen molar-refractivity contribution in [3.05, 3.63) is 59.2 Å². The van der Waals surface area contributed by atoms with Gasteiger partial charge in [0.15, 0.2) is 35.0 Å². The number of benzene rings is 2. The SMILES string of the molecule is CCOC(=O)c1ccc2c(c1)n(CC(=O)Nc1ccc(F)c(F)c1F)c(C)[n+]2CC. The lowest BCUT2D eigenvalue weighted by molar-refractivity contribution is -0.674. The molecule has 0 aliphatic rings. The number of hydrogen-bond donors (Lipinski definition) is 1. The van der Waals surface area contributed by atoms with Crippen LogP contribution in [0.4, 0.5) is 18.9 Å². The molecule has 0 bridgehead atoms. The lowest BCUT2D eigenvalue weighted by atomic mass is 10.2. The van der Waals surface area contributed by atoms with E-state index < -0.39 is 35.0 Å². The third kappa shape index (κ3) is 3.87. The number of nitrogens with one attached hydrogen (secondary N) is 1. The summed E-state index contributed by atoms with van der Waals surface area (Å²) in [6, 6.07) is 6.73. The Morgan fingerprint density at radius 1 is 1.10 bits per heavy atom. The van der Waals surface area contributed by atoms with E-state index in [0.29, 0.717) is 17.6 Å². The number of ether oxygens (including phenoxy) is 1. The van der Waals surface area contributed by atoms with Crippen LogP contribution in [0.5, 0.6) is 0 Å². The van der Waals surface area contributed by atoms with Crippen molar-refractivity contribution < 1.29 is 32.1 Å². The highest BCUT2D eigenvalue weighted by atomic mass is 19.2. The molecule has 6 nitrogen and oxygen atoms in total. The number of imidazole rings is 1. The number of halogens is 3. The fourth-order valence-electron chi connectivity index (χ4n) is 3.36. The first-order valence-corrected chi connectivity index (χ1v) is 9.41. The van der Waals surface area contributed by atoms with Crippen molar-refractivity contribution >= 4 is 28.6 Å². The first-order chi connectivity index (χ1) is 14.3. The molecule has 3 aromatic rings. The zero-order valence-electron chi connectivity index (χ0n) is 16.8. The van der Waals surface area contributed by atoms with Crippen LogP contribution in [-0.2, 0) is 22.6 Å². The Morgan fingerprint density at radius 2 is 1.83 bits per heavy atom. The number of amides is 1. The van der Waals surface area contributed by atoms with Gasteiger partial charge in [0.2, 0.25) is 0 Å². The summed E-state index contributed by atoms with van der Waals surface area (Å²) in [5, 5.41) is 2.26. The van der Waals surface area contributed by atoms with Gasteiger partial charge in [0.25, 0.3) is 11.7 Å². The van der Waals surface area contributed by atoms with Gasteiger partial charge in [-0.2, -0.15) is 0 Å². The fraction of sp³-hybridized carbons (Fsp3) is 0.286. The summed E-state index contributed by atoms with van der Waals surface area (Å²) in [6.45, 7) is 6.07. The number of anilines is 1. The zero-order chi connectivity index (χ0) is 22.0. The lowest BCUT2D eigenvalue weighted by Crippen LogP contribution is -2.35. The maximum absolute atomic E-state index is 13.9. The maximum Gasteiger partial charge on any atom is 0.338 e.